The highest BCUT2D eigenvalue weighted by Gasteiger charge is 2.25. The maximum atomic E-state index is 6.81. The first-order valence-corrected chi connectivity index (χ1v) is 28.3. The quantitative estimate of drug-likeness (QED) is 0.161. The fraction of sp³-hybridized carbons (Fsp3) is 0. The molecule has 16 aromatic carbocycles. The zero-order valence-electron chi connectivity index (χ0n) is 44.4. The van der Waals surface area contributed by atoms with Gasteiger partial charge in [-0.3, -0.25) is 0 Å². The summed E-state index contributed by atoms with van der Waals surface area (Å²) in [6.07, 6.45) is 0. The first-order valence-electron chi connectivity index (χ1n) is 28.3. The Morgan fingerprint density at radius 2 is 0.415 bits per heavy atom. The van der Waals surface area contributed by atoms with Gasteiger partial charge in [0.25, 0.3) is 0 Å². The van der Waals surface area contributed by atoms with Crippen LogP contribution in [0.25, 0.3) is 186 Å². The van der Waals surface area contributed by atoms with Gasteiger partial charge in [-0.15, -0.1) is 0 Å². The summed E-state index contributed by atoms with van der Waals surface area (Å²) in [6, 6.07) is 103. The van der Waals surface area contributed by atoms with Gasteiger partial charge < -0.3 is 8.83 Å². The van der Waals surface area contributed by atoms with E-state index in [0.29, 0.717) is 0 Å². The van der Waals surface area contributed by atoms with Gasteiger partial charge in [-0.05, 0) is 178 Å². The first kappa shape index (κ1) is 45.1. The van der Waals surface area contributed by atoms with E-state index in [1.165, 1.54) is 109 Å². The van der Waals surface area contributed by atoms with Gasteiger partial charge in [-0.25, -0.2) is 0 Å². The van der Waals surface area contributed by atoms with E-state index in [4.69, 9.17) is 8.83 Å². The topological polar surface area (TPSA) is 26.3 Å². The molecule has 0 bridgehead atoms. The van der Waals surface area contributed by atoms with Crippen molar-refractivity contribution in [3.63, 3.8) is 0 Å². The van der Waals surface area contributed by atoms with Crippen molar-refractivity contribution in [2.45, 2.75) is 0 Å². The van der Waals surface area contributed by atoms with Gasteiger partial charge in [0.2, 0.25) is 0 Å². The molecule has 0 saturated carbocycles. The van der Waals surface area contributed by atoms with Crippen molar-refractivity contribution in [1.82, 2.24) is 0 Å². The van der Waals surface area contributed by atoms with Crippen LogP contribution in [0.1, 0.15) is 0 Å². The lowest BCUT2D eigenvalue weighted by Gasteiger charge is -2.22. The molecule has 2 heterocycles. The number of hydrogen-bond acceptors (Lipinski definition) is 2. The van der Waals surface area contributed by atoms with Crippen molar-refractivity contribution in [1.29, 1.82) is 0 Å². The summed E-state index contributed by atoms with van der Waals surface area (Å²) in [5, 5.41) is 23.6. The van der Waals surface area contributed by atoms with Gasteiger partial charge in [0.1, 0.15) is 22.3 Å². The number of benzene rings is 16. The lowest BCUT2D eigenvalue weighted by molar-refractivity contribution is 0.669. The third kappa shape index (κ3) is 6.46. The van der Waals surface area contributed by atoms with Crippen LogP contribution >= 0.6 is 0 Å². The molecule has 0 saturated heterocycles. The number of fused-ring (bicyclic) bond motifs is 16. The van der Waals surface area contributed by atoms with Crippen molar-refractivity contribution in [2.75, 3.05) is 0 Å². The maximum absolute atomic E-state index is 6.81. The maximum Gasteiger partial charge on any atom is 0.136 e. The standard InChI is InChI=1S/C80H46O2/c1-5-23-51-47(17-1)21-9-27-55(51)57-29-11-33-63-67(57)45-68-58(56-28-10-22-48-18-2-6-24-52(48)56)30-12-34-64(68)75(63)76-65-35-13-31-59(61-37-15-39-71-79(61)77-53-25-7-3-19-49(53)41-43-73(77)81-71)69(65)46-70-60(32-14-36-66(70)76)62-38-16-40-72-80(62)78-54-26-8-4-20-50(54)42-44-74(78)82-72/h1-46H. The van der Waals surface area contributed by atoms with Crippen molar-refractivity contribution < 1.29 is 8.83 Å². The SMILES string of the molecule is c1ccc2c(-c3cccc4c(-c5c6cccc(-c7cccc8oc9ccc%10ccccc%10c9c78)c6cc6c(-c7cccc8oc9ccc%10ccccc%10c9c78)cccc56)c5cccc(-c6cccc7ccccc67)c5cc34)cccc2c1. The zero-order chi connectivity index (χ0) is 53.6. The van der Waals surface area contributed by atoms with E-state index in [9.17, 15) is 0 Å². The summed E-state index contributed by atoms with van der Waals surface area (Å²) in [5.41, 5.74) is 15.3. The molecular formula is C80H46O2. The second-order valence-electron chi connectivity index (χ2n) is 22.0. The van der Waals surface area contributed by atoms with Crippen LogP contribution in [0.15, 0.2) is 288 Å². The van der Waals surface area contributed by atoms with Gasteiger partial charge in [-0.1, -0.05) is 243 Å². The molecule has 0 spiro atoms. The average Bonchev–Trinajstić information content (AvgIpc) is 4.09. The molecule has 0 amide bonds. The Labute approximate surface area is 470 Å². The van der Waals surface area contributed by atoms with Gasteiger partial charge in [0.15, 0.2) is 0 Å². The highest BCUT2D eigenvalue weighted by atomic mass is 16.3. The minimum atomic E-state index is 0.871. The van der Waals surface area contributed by atoms with E-state index >= 15 is 0 Å². The van der Waals surface area contributed by atoms with Crippen molar-refractivity contribution >= 4 is 130 Å². The molecule has 0 N–H and O–H groups in total. The zero-order valence-corrected chi connectivity index (χ0v) is 44.4. The molecule has 0 aliphatic heterocycles. The molecule has 18 rings (SSSR count). The predicted octanol–water partition coefficient (Wildman–Crippen LogP) is 23.0. The van der Waals surface area contributed by atoms with Crippen molar-refractivity contribution in [3.05, 3.63) is 279 Å². The van der Waals surface area contributed by atoms with Gasteiger partial charge >= 0.3 is 0 Å². The van der Waals surface area contributed by atoms with Gasteiger partial charge in [0, 0.05) is 21.5 Å². The van der Waals surface area contributed by atoms with Gasteiger partial charge in [0.05, 0.1) is 0 Å². The minimum Gasteiger partial charge on any atom is -0.456 e. The summed E-state index contributed by atoms with van der Waals surface area (Å²) in [5.74, 6) is 0. The average molecular weight is 1040 g/mol. The van der Waals surface area contributed by atoms with E-state index in [2.05, 4.69) is 279 Å². The molecule has 0 aliphatic rings. The molecule has 18 aromatic rings. The molecular weight excluding hydrogens is 993 g/mol. The fourth-order valence-corrected chi connectivity index (χ4v) is 14.4. The summed E-state index contributed by atoms with van der Waals surface area (Å²) >= 11 is 0. The Hall–Kier alpha value is -10.8. The summed E-state index contributed by atoms with van der Waals surface area (Å²) in [7, 11) is 0. The number of hydrogen-bond donors (Lipinski definition) is 0. The van der Waals surface area contributed by atoms with Crippen molar-refractivity contribution in [3.8, 4) is 55.6 Å². The molecule has 0 radical (unpaired) electrons. The molecule has 378 valence electrons. The predicted molar refractivity (Wildman–Crippen MR) is 348 cm³/mol. The third-order valence-corrected chi connectivity index (χ3v) is 17.8. The number of furan rings is 2. The monoisotopic (exact) mass is 1040 g/mol. The van der Waals surface area contributed by atoms with Crippen LogP contribution in [0, 0.1) is 0 Å². The van der Waals surface area contributed by atoms with Crippen LogP contribution in [0.5, 0.6) is 0 Å². The van der Waals surface area contributed by atoms with Gasteiger partial charge in [-0.2, -0.15) is 0 Å². The van der Waals surface area contributed by atoms with Crippen LogP contribution in [0.4, 0.5) is 0 Å². The highest BCUT2D eigenvalue weighted by Crippen LogP contribution is 2.52. The molecule has 2 nitrogen and oxygen atoms in total. The largest absolute Gasteiger partial charge is 0.456 e. The molecule has 0 fully saturated rings. The van der Waals surface area contributed by atoms with E-state index in [1.807, 2.05) is 0 Å². The number of rotatable bonds is 5. The fourth-order valence-electron chi connectivity index (χ4n) is 14.4. The summed E-state index contributed by atoms with van der Waals surface area (Å²) in [6.45, 7) is 0. The second-order valence-corrected chi connectivity index (χ2v) is 22.0. The van der Waals surface area contributed by atoms with Crippen LogP contribution in [0.3, 0.4) is 0 Å². The van der Waals surface area contributed by atoms with Crippen LogP contribution in [0.2, 0.25) is 0 Å². The molecule has 82 heavy (non-hydrogen) atoms. The van der Waals surface area contributed by atoms with Crippen LogP contribution in [-0.4, -0.2) is 0 Å². The normalized spacial score (nSPS) is 12.1. The molecule has 0 unspecified atom stereocenters. The van der Waals surface area contributed by atoms with Crippen molar-refractivity contribution in [2.24, 2.45) is 0 Å². The third-order valence-electron chi connectivity index (χ3n) is 17.8. The Balaban J connectivity index is 1.04. The van der Waals surface area contributed by atoms with E-state index < -0.39 is 0 Å². The van der Waals surface area contributed by atoms with Crippen LogP contribution in [-0.2, 0) is 0 Å². The Kier molecular flexibility index (Phi) is 9.54. The molecule has 0 atom stereocenters. The second kappa shape index (κ2) is 17.3. The Bertz CT molecular complexity index is 5410. The molecule has 2 aromatic heterocycles. The van der Waals surface area contributed by atoms with E-state index in [0.717, 1.165) is 76.9 Å². The lowest BCUT2D eigenvalue weighted by atomic mass is 9.80. The van der Waals surface area contributed by atoms with Crippen LogP contribution < -0.4 is 0 Å². The van der Waals surface area contributed by atoms with E-state index in [-0.39, 0.29) is 0 Å². The lowest BCUT2D eigenvalue weighted by Crippen LogP contribution is -1.95. The summed E-state index contributed by atoms with van der Waals surface area (Å²) in [4.78, 5) is 0. The highest BCUT2D eigenvalue weighted by molar-refractivity contribution is 6.32. The Morgan fingerprint density at radius 3 is 0.805 bits per heavy atom. The molecule has 2 heteroatoms. The summed E-state index contributed by atoms with van der Waals surface area (Å²) < 4.78 is 13.6. The first-order chi connectivity index (χ1) is 40.7. The molecule has 0 aliphatic carbocycles. The minimum absolute atomic E-state index is 0.871. The smallest absolute Gasteiger partial charge is 0.136 e. The van der Waals surface area contributed by atoms with E-state index in [1.54, 1.807) is 0 Å². The Morgan fingerprint density at radius 1 is 0.159 bits per heavy atom.